The van der Waals surface area contributed by atoms with Gasteiger partial charge in [0, 0.05) is 19.1 Å². The molecule has 1 aromatic carbocycles. The molecule has 1 aliphatic heterocycles. The van der Waals surface area contributed by atoms with Crippen LogP contribution in [0, 0.1) is 0 Å². The molecule has 3 heterocycles. The minimum atomic E-state index is -1.27. The summed E-state index contributed by atoms with van der Waals surface area (Å²) >= 11 is 0. The van der Waals surface area contributed by atoms with Gasteiger partial charge in [-0.2, -0.15) is 0 Å². The van der Waals surface area contributed by atoms with Crippen molar-refractivity contribution in [1.82, 2.24) is 29.6 Å². The third-order valence-electron chi connectivity index (χ3n) is 5.38. The molecule has 10 heteroatoms. The third-order valence-corrected chi connectivity index (χ3v) is 6.43. The summed E-state index contributed by atoms with van der Waals surface area (Å²) < 4.78 is 15.1. The molecule has 1 atom stereocenters. The zero-order valence-electron chi connectivity index (χ0n) is 16.8. The van der Waals surface area contributed by atoms with Crippen molar-refractivity contribution >= 4 is 39.3 Å². The van der Waals surface area contributed by atoms with E-state index in [2.05, 4.69) is 53.9 Å². The Morgan fingerprint density at radius 1 is 1.21 bits per heavy atom. The molecule has 9 nitrogen and oxygen atoms in total. The van der Waals surface area contributed by atoms with E-state index < -0.39 is 11.0 Å². The smallest absolute Gasteiger partial charge is 0.182 e. The van der Waals surface area contributed by atoms with Crippen molar-refractivity contribution in [3.63, 3.8) is 0 Å². The van der Waals surface area contributed by atoms with Crippen molar-refractivity contribution in [3.8, 4) is 0 Å². The fourth-order valence-corrected chi connectivity index (χ4v) is 4.39. The highest BCUT2D eigenvalue weighted by Crippen LogP contribution is 2.33. The second kappa shape index (κ2) is 8.44. The number of H-pyrrole nitrogens is 1. The third kappa shape index (κ3) is 4.09. The number of hydrogen-bond donors (Lipinski definition) is 3. The maximum absolute atomic E-state index is 12.3. The summed E-state index contributed by atoms with van der Waals surface area (Å²) in [7, 11) is 4.69. The Bertz CT molecular complexity index is 1010. The summed E-state index contributed by atoms with van der Waals surface area (Å²) in [5.41, 5.74) is 3.28. The number of rotatable bonds is 6. The van der Waals surface area contributed by atoms with Crippen LogP contribution >= 0.6 is 0 Å². The number of benzene rings is 1. The molecule has 0 amide bonds. The van der Waals surface area contributed by atoms with E-state index in [0.29, 0.717) is 22.4 Å². The fourth-order valence-electron chi connectivity index (χ4n) is 3.73. The maximum atomic E-state index is 12.3. The average Bonchev–Trinajstić information content (AvgIpc) is 3.23. The van der Waals surface area contributed by atoms with Gasteiger partial charge in [0.15, 0.2) is 11.5 Å². The highest BCUT2D eigenvalue weighted by atomic mass is 32.2. The maximum Gasteiger partial charge on any atom is 0.182 e. The molecule has 3 aromatic rings. The van der Waals surface area contributed by atoms with Gasteiger partial charge in [-0.25, -0.2) is 23.9 Å². The summed E-state index contributed by atoms with van der Waals surface area (Å²) in [6, 6.07) is 6.47. The van der Waals surface area contributed by atoms with Crippen LogP contribution in [0.1, 0.15) is 12.8 Å². The van der Waals surface area contributed by atoms with Gasteiger partial charge in [-0.15, -0.1) is 0 Å². The molecule has 2 aromatic heterocycles. The predicted molar refractivity (Wildman–Crippen MR) is 116 cm³/mol. The van der Waals surface area contributed by atoms with Crippen LogP contribution in [0.25, 0.3) is 11.2 Å². The summed E-state index contributed by atoms with van der Waals surface area (Å²) in [5, 5.41) is 3.42. The van der Waals surface area contributed by atoms with Crippen LogP contribution in [-0.4, -0.2) is 69.3 Å². The Morgan fingerprint density at radius 2 is 2.00 bits per heavy atom. The zero-order valence-corrected chi connectivity index (χ0v) is 17.7. The molecular weight excluding hydrogens is 388 g/mol. The van der Waals surface area contributed by atoms with E-state index in [1.807, 2.05) is 18.2 Å². The molecule has 0 saturated carbocycles. The predicted octanol–water partition coefficient (Wildman–Crippen LogP) is 1.87. The first kappa shape index (κ1) is 19.7. The van der Waals surface area contributed by atoms with E-state index in [1.165, 1.54) is 6.33 Å². The molecule has 1 aliphatic rings. The van der Waals surface area contributed by atoms with Crippen LogP contribution in [-0.2, 0) is 11.0 Å². The van der Waals surface area contributed by atoms with Gasteiger partial charge in [-0.05, 0) is 52.2 Å². The quantitative estimate of drug-likeness (QED) is 0.566. The first-order chi connectivity index (χ1) is 14.1. The Morgan fingerprint density at radius 3 is 2.72 bits per heavy atom. The number of piperidine rings is 1. The van der Waals surface area contributed by atoms with Crippen molar-refractivity contribution in [2.24, 2.45) is 0 Å². The van der Waals surface area contributed by atoms with E-state index in [9.17, 15) is 4.21 Å². The van der Waals surface area contributed by atoms with Crippen molar-refractivity contribution < 1.29 is 4.21 Å². The second-order valence-corrected chi connectivity index (χ2v) is 8.70. The van der Waals surface area contributed by atoms with Gasteiger partial charge in [0.2, 0.25) is 0 Å². The Kier molecular flexibility index (Phi) is 5.74. The molecule has 1 unspecified atom stereocenters. The normalized spacial score (nSPS) is 16.5. The molecule has 0 aliphatic carbocycles. The summed E-state index contributed by atoms with van der Waals surface area (Å²) in [4.78, 5) is 21.2. The topological polar surface area (TPSA) is 102 Å². The van der Waals surface area contributed by atoms with E-state index in [-0.39, 0.29) is 0 Å². The number of imidazole rings is 1. The van der Waals surface area contributed by atoms with Crippen LogP contribution in [0.3, 0.4) is 0 Å². The van der Waals surface area contributed by atoms with E-state index in [1.54, 1.807) is 13.4 Å². The number of anilines is 3. The molecule has 0 radical (unpaired) electrons. The highest BCUT2D eigenvalue weighted by Gasteiger charge is 2.23. The van der Waals surface area contributed by atoms with E-state index >= 15 is 0 Å². The molecular formula is C19H26N8OS. The summed E-state index contributed by atoms with van der Waals surface area (Å²) in [6.45, 7) is 1.93. The van der Waals surface area contributed by atoms with Crippen LogP contribution in [0.15, 0.2) is 35.7 Å². The molecule has 3 N–H and O–H groups in total. The molecule has 1 fully saturated rings. The zero-order chi connectivity index (χ0) is 20.4. The molecule has 0 bridgehead atoms. The van der Waals surface area contributed by atoms with Gasteiger partial charge < -0.3 is 20.1 Å². The van der Waals surface area contributed by atoms with Crippen LogP contribution in [0.2, 0.25) is 0 Å². The van der Waals surface area contributed by atoms with Crippen molar-refractivity contribution in [2.75, 3.05) is 44.4 Å². The van der Waals surface area contributed by atoms with Gasteiger partial charge in [0.25, 0.3) is 0 Å². The lowest BCUT2D eigenvalue weighted by Crippen LogP contribution is -2.42. The number of aromatic amines is 1. The lowest BCUT2D eigenvalue weighted by Gasteiger charge is -2.37. The lowest BCUT2D eigenvalue weighted by molar-refractivity contribution is 0.250. The van der Waals surface area contributed by atoms with Crippen molar-refractivity contribution in [2.45, 2.75) is 23.8 Å². The number of nitrogens with one attached hydrogen (secondary N) is 3. The monoisotopic (exact) mass is 414 g/mol. The van der Waals surface area contributed by atoms with Gasteiger partial charge in [0.05, 0.1) is 22.6 Å². The minimum Gasteiger partial charge on any atom is -0.370 e. The van der Waals surface area contributed by atoms with E-state index in [4.69, 9.17) is 0 Å². The average molecular weight is 415 g/mol. The summed E-state index contributed by atoms with van der Waals surface area (Å²) in [6.07, 6.45) is 5.30. The highest BCUT2D eigenvalue weighted by molar-refractivity contribution is 7.83. The first-order valence-corrected chi connectivity index (χ1v) is 10.8. The Hall–Kier alpha value is -2.56. The van der Waals surface area contributed by atoms with Crippen LogP contribution in [0.4, 0.5) is 17.2 Å². The Balaban J connectivity index is 1.68. The molecule has 1 saturated heterocycles. The summed E-state index contributed by atoms with van der Waals surface area (Å²) in [5.74, 6) is 0.643. The second-order valence-electron chi connectivity index (χ2n) is 7.28. The number of fused-ring (bicyclic) bond motifs is 1. The van der Waals surface area contributed by atoms with Crippen LogP contribution < -0.4 is 14.9 Å². The minimum absolute atomic E-state index is 0.602. The number of nitrogens with zero attached hydrogens (tertiary/aromatic N) is 5. The van der Waals surface area contributed by atoms with Crippen molar-refractivity contribution in [3.05, 3.63) is 30.9 Å². The van der Waals surface area contributed by atoms with E-state index in [0.717, 1.165) is 42.8 Å². The molecule has 4 rings (SSSR count). The first-order valence-electron chi connectivity index (χ1n) is 9.62. The molecule has 0 spiro atoms. The van der Waals surface area contributed by atoms with Gasteiger partial charge in [-0.1, -0.05) is 0 Å². The standard InChI is InChI=1S/C19H26N8OS/c1-20-29(28)14-4-5-16(27-8-6-13(7-9-27)26(2)3)15(10-14)25-19-17-18(22-11-21-17)23-12-24-19/h4-5,10-13,20H,6-9H2,1-3H3,(H2,21,22,23,24,25). The Labute approximate surface area is 172 Å². The van der Waals surface area contributed by atoms with Gasteiger partial charge in [-0.3, -0.25) is 0 Å². The number of aromatic nitrogens is 4. The van der Waals surface area contributed by atoms with Crippen LogP contribution in [0.5, 0.6) is 0 Å². The number of hydrogen-bond acceptors (Lipinski definition) is 7. The van der Waals surface area contributed by atoms with Gasteiger partial charge >= 0.3 is 0 Å². The largest absolute Gasteiger partial charge is 0.370 e. The fraction of sp³-hybridized carbons (Fsp3) is 0.421. The van der Waals surface area contributed by atoms with Gasteiger partial charge in [0.1, 0.15) is 22.8 Å². The molecule has 154 valence electrons. The SMILES string of the molecule is CNS(=O)c1ccc(N2CCC(N(C)C)CC2)c(Nc2ncnc3nc[nH]c23)c1. The lowest BCUT2D eigenvalue weighted by atomic mass is 10.0. The van der Waals surface area contributed by atoms with Crippen molar-refractivity contribution in [1.29, 1.82) is 0 Å². The molecule has 29 heavy (non-hydrogen) atoms.